The number of rotatable bonds is 4. The van der Waals surface area contributed by atoms with Gasteiger partial charge < -0.3 is 9.55 Å². The Hall–Kier alpha value is -0.450. The van der Waals surface area contributed by atoms with E-state index in [0.717, 1.165) is 32.3 Å². The Balaban J connectivity index is 2.48. The average molecular weight is 287 g/mol. The van der Waals surface area contributed by atoms with Crippen molar-refractivity contribution in [1.29, 1.82) is 0 Å². The second-order valence-corrected chi connectivity index (χ2v) is 6.11. The van der Waals surface area contributed by atoms with E-state index in [0.29, 0.717) is 6.04 Å². The zero-order valence-corrected chi connectivity index (χ0v) is 12.3. The highest BCUT2D eigenvalue weighted by Crippen LogP contribution is 2.24. The molecule has 0 spiro atoms. The van der Waals surface area contributed by atoms with E-state index in [4.69, 9.17) is 23.8 Å². The molecule has 0 aliphatic heterocycles. The Morgan fingerprint density at radius 2 is 2.29 bits per heavy atom. The summed E-state index contributed by atoms with van der Waals surface area (Å²) in [6, 6.07) is 6.20. The van der Waals surface area contributed by atoms with Gasteiger partial charge in [-0.25, -0.2) is 0 Å². The molecule has 0 fully saturated rings. The summed E-state index contributed by atoms with van der Waals surface area (Å²) >= 11 is 13.3. The lowest BCUT2D eigenvalue weighted by atomic mass is 10.3. The monoisotopic (exact) mass is 286 g/mol. The van der Waals surface area contributed by atoms with Gasteiger partial charge in [0.05, 0.1) is 11.0 Å². The number of hydrogen-bond donors (Lipinski definition) is 1. The van der Waals surface area contributed by atoms with Crippen molar-refractivity contribution in [2.24, 2.45) is 0 Å². The third kappa shape index (κ3) is 2.69. The molecule has 2 aromatic rings. The van der Waals surface area contributed by atoms with Gasteiger partial charge in [0.15, 0.2) is 4.77 Å². The lowest BCUT2D eigenvalue weighted by molar-refractivity contribution is 0.619. The number of aromatic amines is 1. The van der Waals surface area contributed by atoms with Crippen LogP contribution in [0, 0.1) is 4.77 Å². The summed E-state index contributed by atoms with van der Waals surface area (Å²) in [4.78, 5) is 3.22. The van der Waals surface area contributed by atoms with Gasteiger partial charge in [-0.15, -0.1) is 0 Å². The van der Waals surface area contributed by atoms with E-state index >= 15 is 0 Å². The number of H-pyrrole nitrogens is 1. The minimum Gasteiger partial charge on any atom is -0.331 e. The van der Waals surface area contributed by atoms with Gasteiger partial charge in [0.2, 0.25) is 0 Å². The summed E-state index contributed by atoms with van der Waals surface area (Å²) < 4.78 is 2.92. The SMILES string of the molecule is CCSCC(C)n1c(=S)[nH]c2ccc(Cl)cc21. The second-order valence-electron chi connectivity index (χ2n) is 3.97. The number of nitrogens with zero attached hydrogens (tertiary/aromatic N) is 1. The lowest BCUT2D eigenvalue weighted by Crippen LogP contribution is -2.07. The summed E-state index contributed by atoms with van der Waals surface area (Å²) in [6.45, 7) is 4.36. The van der Waals surface area contributed by atoms with Crippen LogP contribution in [-0.2, 0) is 0 Å². The van der Waals surface area contributed by atoms with Crippen LogP contribution in [0.2, 0.25) is 5.02 Å². The first-order valence-electron chi connectivity index (χ1n) is 5.61. The zero-order valence-electron chi connectivity index (χ0n) is 9.87. The van der Waals surface area contributed by atoms with Crippen molar-refractivity contribution in [3.63, 3.8) is 0 Å². The van der Waals surface area contributed by atoms with Crippen LogP contribution in [0.25, 0.3) is 11.0 Å². The summed E-state index contributed by atoms with van der Waals surface area (Å²) in [5.41, 5.74) is 2.14. The number of halogens is 1. The predicted octanol–water partition coefficient (Wildman–Crippen LogP) is 4.67. The summed E-state index contributed by atoms with van der Waals surface area (Å²) in [6.07, 6.45) is 0. The van der Waals surface area contributed by atoms with Gasteiger partial charge in [-0.1, -0.05) is 18.5 Å². The molecule has 2 rings (SSSR count). The third-order valence-electron chi connectivity index (χ3n) is 2.68. The van der Waals surface area contributed by atoms with Crippen molar-refractivity contribution in [3.05, 3.63) is 28.0 Å². The highest BCUT2D eigenvalue weighted by molar-refractivity contribution is 7.99. The molecule has 0 saturated carbocycles. The van der Waals surface area contributed by atoms with E-state index < -0.39 is 0 Å². The van der Waals surface area contributed by atoms with Crippen LogP contribution in [0.3, 0.4) is 0 Å². The van der Waals surface area contributed by atoms with E-state index in [1.807, 2.05) is 30.0 Å². The Bertz CT molecular complexity index is 573. The molecule has 1 aromatic carbocycles. The Morgan fingerprint density at radius 1 is 1.53 bits per heavy atom. The molecule has 1 N–H and O–H groups in total. The lowest BCUT2D eigenvalue weighted by Gasteiger charge is -2.13. The minimum absolute atomic E-state index is 0.375. The molecule has 0 aliphatic rings. The van der Waals surface area contributed by atoms with Crippen molar-refractivity contribution < 1.29 is 0 Å². The first-order valence-corrected chi connectivity index (χ1v) is 7.55. The highest BCUT2D eigenvalue weighted by atomic mass is 35.5. The normalized spacial score (nSPS) is 13.1. The molecule has 0 bridgehead atoms. The molecule has 1 atom stereocenters. The van der Waals surface area contributed by atoms with Crippen LogP contribution in [0.4, 0.5) is 0 Å². The Morgan fingerprint density at radius 3 is 3.00 bits per heavy atom. The van der Waals surface area contributed by atoms with Crippen molar-refractivity contribution in [3.8, 4) is 0 Å². The van der Waals surface area contributed by atoms with Gasteiger partial charge in [0, 0.05) is 16.8 Å². The van der Waals surface area contributed by atoms with Crippen LogP contribution in [0.15, 0.2) is 18.2 Å². The smallest absolute Gasteiger partial charge is 0.178 e. The van der Waals surface area contributed by atoms with E-state index in [1.54, 1.807) is 0 Å². The van der Waals surface area contributed by atoms with Crippen LogP contribution < -0.4 is 0 Å². The molecule has 5 heteroatoms. The molecular formula is C12H15ClN2S2. The van der Waals surface area contributed by atoms with Crippen LogP contribution >= 0.6 is 35.6 Å². The maximum Gasteiger partial charge on any atom is 0.178 e. The van der Waals surface area contributed by atoms with Crippen molar-refractivity contribution in [2.45, 2.75) is 19.9 Å². The Labute approximate surface area is 115 Å². The first kappa shape index (κ1) is 13.0. The standard InChI is InChI=1S/C12H15ClN2S2/c1-3-17-7-8(2)15-11-6-9(13)4-5-10(11)14-12(15)16/h4-6,8H,3,7H2,1-2H3,(H,14,16). The zero-order chi connectivity index (χ0) is 12.4. The number of thioether (sulfide) groups is 1. The number of aromatic nitrogens is 2. The predicted molar refractivity (Wildman–Crippen MR) is 79.8 cm³/mol. The molecule has 92 valence electrons. The maximum absolute atomic E-state index is 6.04. The number of nitrogens with one attached hydrogen (secondary N) is 1. The number of hydrogen-bond acceptors (Lipinski definition) is 2. The van der Waals surface area contributed by atoms with Crippen molar-refractivity contribution >= 4 is 46.6 Å². The fourth-order valence-electron chi connectivity index (χ4n) is 1.90. The molecule has 0 radical (unpaired) electrons. The largest absolute Gasteiger partial charge is 0.331 e. The summed E-state index contributed by atoms with van der Waals surface area (Å²) in [5.74, 6) is 2.19. The number of benzene rings is 1. The van der Waals surface area contributed by atoms with Crippen LogP contribution in [0.1, 0.15) is 19.9 Å². The third-order valence-corrected chi connectivity index (χ3v) is 4.34. The molecule has 1 unspecified atom stereocenters. The van der Waals surface area contributed by atoms with Crippen LogP contribution in [0.5, 0.6) is 0 Å². The fourth-order valence-corrected chi connectivity index (χ4v) is 3.18. The van der Waals surface area contributed by atoms with Gasteiger partial charge in [-0.3, -0.25) is 0 Å². The quantitative estimate of drug-likeness (QED) is 0.825. The molecule has 0 saturated heterocycles. The molecule has 0 amide bonds. The van der Waals surface area contributed by atoms with Gasteiger partial charge in [-0.2, -0.15) is 11.8 Å². The van der Waals surface area contributed by atoms with Crippen molar-refractivity contribution in [2.75, 3.05) is 11.5 Å². The molecule has 2 nitrogen and oxygen atoms in total. The van der Waals surface area contributed by atoms with Gasteiger partial charge >= 0.3 is 0 Å². The topological polar surface area (TPSA) is 20.7 Å². The molecule has 1 heterocycles. The summed E-state index contributed by atoms with van der Waals surface area (Å²) in [7, 11) is 0. The molecule has 17 heavy (non-hydrogen) atoms. The van der Waals surface area contributed by atoms with E-state index in [2.05, 4.69) is 23.4 Å². The number of imidazole rings is 1. The second kappa shape index (κ2) is 5.46. The number of fused-ring (bicyclic) bond motifs is 1. The van der Waals surface area contributed by atoms with Crippen molar-refractivity contribution in [1.82, 2.24) is 9.55 Å². The van der Waals surface area contributed by atoms with Gasteiger partial charge in [0.1, 0.15) is 0 Å². The van der Waals surface area contributed by atoms with Gasteiger partial charge in [-0.05, 0) is 43.1 Å². The molecular weight excluding hydrogens is 272 g/mol. The Kier molecular flexibility index (Phi) is 4.17. The van der Waals surface area contributed by atoms with E-state index in [9.17, 15) is 0 Å². The van der Waals surface area contributed by atoms with E-state index in [-0.39, 0.29) is 0 Å². The first-order chi connectivity index (χ1) is 8.13. The molecule has 0 aliphatic carbocycles. The minimum atomic E-state index is 0.375. The summed E-state index contributed by atoms with van der Waals surface area (Å²) in [5, 5.41) is 0.746. The van der Waals surface area contributed by atoms with E-state index in [1.165, 1.54) is 0 Å². The van der Waals surface area contributed by atoms with Crippen LogP contribution in [-0.4, -0.2) is 21.1 Å². The maximum atomic E-state index is 6.04. The average Bonchev–Trinajstić information content (AvgIpc) is 2.61. The highest BCUT2D eigenvalue weighted by Gasteiger charge is 2.11. The van der Waals surface area contributed by atoms with Gasteiger partial charge in [0.25, 0.3) is 0 Å². The molecule has 1 aromatic heterocycles. The fraction of sp³-hybridized carbons (Fsp3) is 0.417.